The van der Waals surface area contributed by atoms with Crippen LogP contribution >= 0.6 is 0 Å². The van der Waals surface area contributed by atoms with E-state index < -0.39 is 35.0 Å². The number of carboxylic acid groups (broad SMARTS) is 2. The van der Waals surface area contributed by atoms with Crippen molar-refractivity contribution in [3.8, 4) is 0 Å². The van der Waals surface area contributed by atoms with E-state index in [1.807, 2.05) is 0 Å². The van der Waals surface area contributed by atoms with Gasteiger partial charge in [0.25, 0.3) is 0 Å². The minimum atomic E-state index is -0.905. The van der Waals surface area contributed by atoms with Crippen LogP contribution in [-0.2, 0) is 9.59 Å². The van der Waals surface area contributed by atoms with E-state index in [0.29, 0.717) is 43.9 Å². The summed E-state index contributed by atoms with van der Waals surface area (Å²) in [6, 6.07) is 0. The number of carbonyl (C=O) groups is 2. The SMILES string of the molecule is CC1(C)[C@H]2CC[C@]3(C)[C@H](CC=C4[C@@H]5C[C@@](C)(C(=O)O)CC[C@]5(C(=O)O)CC[C@]43C)[C@@]2(C)C[C@H](O)[C@@H]1O. The van der Waals surface area contributed by atoms with E-state index in [2.05, 4.69) is 40.7 Å². The van der Waals surface area contributed by atoms with Gasteiger partial charge in [0.05, 0.1) is 23.0 Å². The molecule has 4 saturated carbocycles. The number of fused-ring (bicyclic) bond motifs is 7. The summed E-state index contributed by atoms with van der Waals surface area (Å²) < 4.78 is 0. The van der Waals surface area contributed by atoms with Crippen molar-refractivity contribution in [2.24, 2.45) is 50.2 Å². The van der Waals surface area contributed by atoms with Crippen molar-refractivity contribution in [1.29, 1.82) is 0 Å². The van der Waals surface area contributed by atoms with Gasteiger partial charge in [0.1, 0.15) is 0 Å². The van der Waals surface area contributed by atoms with E-state index in [9.17, 15) is 30.0 Å². The van der Waals surface area contributed by atoms with Crippen LogP contribution in [0.2, 0.25) is 0 Å². The number of hydrogen-bond donors (Lipinski definition) is 4. The zero-order chi connectivity index (χ0) is 26.7. The molecule has 4 fully saturated rings. The van der Waals surface area contributed by atoms with Crippen LogP contribution in [0.5, 0.6) is 0 Å². The maximum absolute atomic E-state index is 12.8. The first-order valence-corrected chi connectivity index (χ1v) is 14.0. The topological polar surface area (TPSA) is 115 Å². The maximum atomic E-state index is 12.8. The predicted octanol–water partition coefficient (Wildman–Crippen LogP) is 5.27. The highest BCUT2D eigenvalue weighted by atomic mass is 16.4. The minimum Gasteiger partial charge on any atom is -0.481 e. The molecule has 0 saturated heterocycles. The van der Waals surface area contributed by atoms with Crippen molar-refractivity contribution in [3.63, 3.8) is 0 Å². The van der Waals surface area contributed by atoms with Gasteiger partial charge in [-0.1, -0.05) is 46.3 Å². The molecule has 6 nitrogen and oxygen atoms in total. The van der Waals surface area contributed by atoms with Crippen LogP contribution in [-0.4, -0.2) is 44.6 Å². The van der Waals surface area contributed by atoms with Gasteiger partial charge < -0.3 is 20.4 Å². The molecule has 0 aliphatic heterocycles. The Labute approximate surface area is 215 Å². The zero-order valence-corrected chi connectivity index (χ0v) is 22.9. The zero-order valence-electron chi connectivity index (χ0n) is 22.9. The highest BCUT2D eigenvalue weighted by Crippen LogP contribution is 2.75. The lowest BCUT2D eigenvalue weighted by Crippen LogP contribution is -2.67. The van der Waals surface area contributed by atoms with Crippen molar-refractivity contribution < 1.29 is 30.0 Å². The van der Waals surface area contributed by atoms with Gasteiger partial charge in [-0.05, 0) is 104 Å². The second kappa shape index (κ2) is 7.59. The first kappa shape index (κ1) is 26.2. The summed E-state index contributed by atoms with van der Waals surface area (Å²) in [5.41, 5.74) is -1.40. The van der Waals surface area contributed by atoms with Crippen molar-refractivity contribution in [1.82, 2.24) is 0 Å². The lowest BCUT2D eigenvalue weighted by molar-refractivity contribution is -0.232. The quantitative estimate of drug-likeness (QED) is 0.383. The molecule has 10 atom stereocenters. The third-order valence-electron chi connectivity index (χ3n) is 13.3. The number of hydrogen-bond acceptors (Lipinski definition) is 4. The second-order valence-corrected chi connectivity index (χ2v) is 14.9. The summed E-state index contributed by atoms with van der Waals surface area (Å²) in [6.07, 6.45) is 6.81. The fourth-order valence-corrected chi connectivity index (χ4v) is 10.8. The molecule has 0 heterocycles. The molecule has 36 heavy (non-hydrogen) atoms. The number of aliphatic carboxylic acids is 2. The van der Waals surface area contributed by atoms with Crippen LogP contribution in [0.15, 0.2) is 11.6 Å². The van der Waals surface area contributed by atoms with Crippen LogP contribution in [0.4, 0.5) is 0 Å². The molecule has 202 valence electrons. The first-order chi connectivity index (χ1) is 16.5. The molecule has 5 aliphatic rings. The average molecular weight is 503 g/mol. The first-order valence-electron chi connectivity index (χ1n) is 14.0. The molecule has 6 heteroatoms. The van der Waals surface area contributed by atoms with E-state index in [4.69, 9.17) is 0 Å². The molecule has 0 bridgehead atoms. The molecular formula is C30H46O6. The maximum Gasteiger partial charge on any atom is 0.310 e. The Morgan fingerprint density at radius 3 is 2.08 bits per heavy atom. The van der Waals surface area contributed by atoms with Gasteiger partial charge in [-0.2, -0.15) is 0 Å². The summed E-state index contributed by atoms with van der Waals surface area (Å²) in [4.78, 5) is 25.0. The Hall–Kier alpha value is -1.40. The van der Waals surface area contributed by atoms with Crippen LogP contribution in [0.25, 0.3) is 0 Å². The smallest absolute Gasteiger partial charge is 0.310 e. The second-order valence-electron chi connectivity index (χ2n) is 14.9. The van der Waals surface area contributed by atoms with E-state index >= 15 is 0 Å². The summed E-state index contributed by atoms with van der Waals surface area (Å²) in [5, 5.41) is 42.4. The van der Waals surface area contributed by atoms with Crippen molar-refractivity contribution in [2.45, 2.75) is 112 Å². The van der Waals surface area contributed by atoms with Gasteiger partial charge in [-0.15, -0.1) is 0 Å². The van der Waals surface area contributed by atoms with Crippen LogP contribution in [0.1, 0.15) is 99.3 Å². The molecule has 0 radical (unpaired) electrons. The minimum absolute atomic E-state index is 0.0812. The monoisotopic (exact) mass is 502 g/mol. The van der Waals surface area contributed by atoms with Gasteiger partial charge in [-0.25, -0.2) is 0 Å². The highest BCUT2D eigenvalue weighted by molar-refractivity contribution is 5.79. The normalized spacial score (nSPS) is 53.7. The molecule has 0 aromatic rings. The highest BCUT2D eigenvalue weighted by Gasteiger charge is 2.70. The third kappa shape index (κ3) is 2.98. The van der Waals surface area contributed by atoms with Crippen LogP contribution in [0.3, 0.4) is 0 Å². The van der Waals surface area contributed by atoms with E-state index in [-0.39, 0.29) is 27.6 Å². The Bertz CT molecular complexity index is 1020. The summed E-state index contributed by atoms with van der Waals surface area (Å²) in [7, 11) is 0. The molecule has 5 aliphatic carbocycles. The van der Waals surface area contributed by atoms with Gasteiger partial charge in [0, 0.05) is 0 Å². The lowest BCUT2D eigenvalue weighted by atomic mass is 9.33. The van der Waals surface area contributed by atoms with Crippen molar-refractivity contribution >= 4 is 11.9 Å². The Morgan fingerprint density at radius 1 is 0.833 bits per heavy atom. The molecule has 0 spiro atoms. The van der Waals surface area contributed by atoms with Gasteiger partial charge in [0.2, 0.25) is 0 Å². The standard InChI is InChI=1S/C30H46O6/c1-25(2)20-9-10-29(6)21(27(20,4)16-19(31)22(25)32)8-7-17-18-15-26(3,23(33)34)11-13-30(18,24(35)36)14-12-28(17,29)5/h7,18-22,31-32H,8-16H2,1-6H3,(H,33,34)(H,35,36)/t18-,19-,20+,21+,22-,26-,27-,28+,29+,30-/m0/s1. The fraction of sp³-hybridized carbons (Fsp3) is 0.867. The molecular weight excluding hydrogens is 456 g/mol. The average Bonchev–Trinajstić information content (AvgIpc) is 2.77. The summed E-state index contributed by atoms with van der Waals surface area (Å²) in [6.45, 7) is 13.0. The Kier molecular flexibility index (Phi) is 5.53. The molecule has 4 N–H and O–H groups in total. The fourth-order valence-electron chi connectivity index (χ4n) is 10.8. The van der Waals surface area contributed by atoms with Crippen molar-refractivity contribution in [2.75, 3.05) is 0 Å². The molecule has 0 aromatic carbocycles. The third-order valence-corrected chi connectivity index (χ3v) is 13.3. The van der Waals surface area contributed by atoms with Crippen LogP contribution in [0, 0.1) is 50.2 Å². The molecule has 0 amide bonds. The number of rotatable bonds is 2. The van der Waals surface area contributed by atoms with Crippen LogP contribution < -0.4 is 0 Å². The predicted molar refractivity (Wildman–Crippen MR) is 136 cm³/mol. The Morgan fingerprint density at radius 2 is 1.47 bits per heavy atom. The van der Waals surface area contributed by atoms with E-state index in [0.717, 1.165) is 25.7 Å². The number of aliphatic hydroxyl groups excluding tert-OH is 2. The van der Waals surface area contributed by atoms with Gasteiger partial charge in [0.15, 0.2) is 0 Å². The molecule has 0 aromatic heterocycles. The van der Waals surface area contributed by atoms with E-state index in [1.54, 1.807) is 6.92 Å². The molecule has 5 rings (SSSR count). The number of aliphatic hydroxyl groups is 2. The Balaban J connectivity index is 1.61. The summed E-state index contributed by atoms with van der Waals surface area (Å²) >= 11 is 0. The largest absolute Gasteiger partial charge is 0.481 e. The van der Waals surface area contributed by atoms with Gasteiger partial charge >= 0.3 is 11.9 Å². The van der Waals surface area contributed by atoms with Crippen molar-refractivity contribution in [3.05, 3.63) is 11.6 Å². The molecule has 0 unspecified atom stereocenters. The number of allylic oxidation sites excluding steroid dienone is 2. The van der Waals surface area contributed by atoms with E-state index in [1.165, 1.54) is 5.57 Å². The lowest BCUT2D eigenvalue weighted by Gasteiger charge is -2.71. The number of carboxylic acids is 2. The van der Waals surface area contributed by atoms with Gasteiger partial charge in [-0.3, -0.25) is 9.59 Å². The summed E-state index contributed by atoms with van der Waals surface area (Å²) in [5.74, 6) is -1.24.